The van der Waals surface area contributed by atoms with Gasteiger partial charge in [0, 0.05) is 16.8 Å². The van der Waals surface area contributed by atoms with Gasteiger partial charge >= 0.3 is 6.03 Å². The van der Waals surface area contributed by atoms with Crippen molar-refractivity contribution >= 4 is 50.6 Å². The minimum absolute atomic E-state index is 0.176. The van der Waals surface area contributed by atoms with Crippen LogP contribution in [0.5, 0.6) is 0 Å². The molecule has 2 aromatic rings. The Bertz CT molecular complexity index is 1080. The maximum atomic E-state index is 12.5. The predicted molar refractivity (Wildman–Crippen MR) is 109 cm³/mol. The Morgan fingerprint density at radius 1 is 1.17 bits per heavy atom. The number of carbonyl (C=O) groups is 2. The number of hydrogen-bond acceptors (Lipinski definition) is 7. The number of urea groups is 1. The molecule has 1 atom stereocenters. The molecular weight excluding hydrogens is 440 g/mol. The fraction of sp³-hybridized carbons (Fsp3) is 0.125. The molecule has 0 radical (unpaired) electrons. The van der Waals surface area contributed by atoms with E-state index in [0.29, 0.717) is 5.02 Å². The largest absolute Gasteiger partial charge is 0.352 e. The van der Waals surface area contributed by atoms with Crippen LogP contribution in [0.4, 0.5) is 21.9 Å². The number of nitro groups is 1. The number of hydrazine groups is 1. The van der Waals surface area contributed by atoms with Crippen LogP contribution < -0.4 is 26.6 Å². The van der Waals surface area contributed by atoms with Crippen molar-refractivity contribution in [2.24, 2.45) is 5.73 Å². The van der Waals surface area contributed by atoms with Crippen molar-refractivity contribution in [1.82, 2.24) is 10.7 Å². The van der Waals surface area contributed by atoms with Gasteiger partial charge in [0.1, 0.15) is 11.7 Å². The van der Waals surface area contributed by atoms with Gasteiger partial charge in [-0.15, -0.1) is 0 Å². The third-order valence-corrected chi connectivity index (χ3v) is 5.28. The summed E-state index contributed by atoms with van der Waals surface area (Å²) in [5.41, 5.74) is 8.83. The molecule has 12 nitrogen and oxygen atoms in total. The first kappa shape index (κ1) is 22.7. The Balaban J connectivity index is 2.21. The van der Waals surface area contributed by atoms with Gasteiger partial charge in [-0.05, 0) is 43.3 Å². The number of nitrogens with zero attached hydrogens (tertiary/aromatic N) is 1. The van der Waals surface area contributed by atoms with E-state index in [0.717, 1.165) is 18.2 Å². The lowest BCUT2D eigenvalue weighted by Crippen LogP contribution is -2.48. The first-order chi connectivity index (χ1) is 14.0. The summed E-state index contributed by atoms with van der Waals surface area (Å²) in [7, 11) is -4.13. The smallest absolute Gasteiger partial charge is 0.312 e. The zero-order valence-electron chi connectivity index (χ0n) is 15.4. The maximum absolute atomic E-state index is 12.5. The zero-order chi connectivity index (χ0) is 22.5. The molecule has 0 aliphatic rings. The van der Waals surface area contributed by atoms with Crippen molar-refractivity contribution in [1.29, 1.82) is 0 Å². The van der Waals surface area contributed by atoms with E-state index in [9.17, 15) is 28.1 Å². The van der Waals surface area contributed by atoms with Crippen LogP contribution in [-0.2, 0) is 14.8 Å². The van der Waals surface area contributed by atoms with Crippen LogP contribution >= 0.6 is 11.6 Å². The number of anilines is 2. The highest BCUT2D eigenvalue weighted by molar-refractivity contribution is 7.92. The van der Waals surface area contributed by atoms with Crippen LogP contribution in [0.15, 0.2) is 47.4 Å². The first-order valence-corrected chi connectivity index (χ1v) is 10.0. The van der Waals surface area contributed by atoms with Gasteiger partial charge in [0.2, 0.25) is 0 Å². The van der Waals surface area contributed by atoms with Crippen molar-refractivity contribution in [3.63, 3.8) is 0 Å². The molecule has 0 bridgehead atoms. The third-order valence-electron chi connectivity index (χ3n) is 3.65. The Morgan fingerprint density at radius 3 is 2.37 bits per heavy atom. The van der Waals surface area contributed by atoms with Crippen LogP contribution in [0.1, 0.15) is 6.92 Å². The van der Waals surface area contributed by atoms with Gasteiger partial charge in [0.15, 0.2) is 0 Å². The van der Waals surface area contributed by atoms with Gasteiger partial charge in [0.25, 0.3) is 21.6 Å². The molecule has 1 unspecified atom stereocenters. The highest BCUT2D eigenvalue weighted by Crippen LogP contribution is 2.28. The lowest BCUT2D eigenvalue weighted by atomic mass is 10.3. The van der Waals surface area contributed by atoms with Crippen molar-refractivity contribution in [3.05, 3.63) is 57.6 Å². The standard InChI is InChI=1S/C16H17ClN6O6S/c1-9(19-16(18)25)15(24)21-20-13-7-6-12(8-14(13)23(26)27)30(28,29)22-11-4-2-10(17)3-5-11/h2-9,20,22H,1H3,(H,21,24)(H3,18,19,25). The van der Waals surface area contributed by atoms with Crippen LogP contribution in [-0.4, -0.2) is 31.3 Å². The van der Waals surface area contributed by atoms with Gasteiger partial charge < -0.3 is 11.1 Å². The van der Waals surface area contributed by atoms with Gasteiger partial charge in [-0.2, -0.15) is 0 Å². The molecule has 0 spiro atoms. The summed E-state index contributed by atoms with van der Waals surface area (Å²) in [4.78, 5) is 32.8. The predicted octanol–water partition coefficient (Wildman–Crippen LogP) is 1.55. The summed E-state index contributed by atoms with van der Waals surface area (Å²) in [5, 5.41) is 13.9. The second-order valence-corrected chi connectivity index (χ2v) is 8.01. The van der Waals surface area contributed by atoms with Gasteiger partial charge in [0.05, 0.1) is 9.82 Å². The molecule has 0 saturated carbocycles. The summed E-state index contributed by atoms with van der Waals surface area (Å²) in [6.45, 7) is 1.34. The molecule has 0 aliphatic heterocycles. The minimum Gasteiger partial charge on any atom is -0.352 e. The number of nitrogens with two attached hydrogens (primary N) is 1. The SMILES string of the molecule is CC(NC(N)=O)C(=O)NNc1ccc(S(=O)(=O)Nc2ccc(Cl)cc2)cc1[N+](=O)[O-]. The number of nitrogens with one attached hydrogen (secondary N) is 4. The van der Waals surface area contributed by atoms with E-state index in [1.807, 2.05) is 0 Å². The molecule has 160 valence electrons. The molecule has 0 aromatic heterocycles. The quantitative estimate of drug-likeness (QED) is 0.294. The van der Waals surface area contributed by atoms with E-state index in [4.69, 9.17) is 17.3 Å². The molecule has 0 fully saturated rings. The van der Waals surface area contributed by atoms with Gasteiger partial charge in [-0.3, -0.25) is 30.5 Å². The topological polar surface area (TPSA) is 186 Å². The zero-order valence-corrected chi connectivity index (χ0v) is 17.0. The molecular formula is C16H17ClN6O6S. The molecule has 2 aromatic carbocycles. The molecule has 0 saturated heterocycles. The van der Waals surface area contributed by atoms with Crippen molar-refractivity contribution in [3.8, 4) is 0 Å². The number of amides is 3. The molecule has 0 aliphatic carbocycles. The number of hydrogen-bond donors (Lipinski definition) is 5. The number of sulfonamides is 1. The van der Waals surface area contributed by atoms with Crippen LogP contribution in [0, 0.1) is 10.1 Å². The number of rotatable bonds is 8. The second kappa shape index (κ2) is 9.28. The molecule has 2 rings (SSSR count). The average Bonchev–Trinajstić information content (AvgIpc) is 2.66. The summed E-state index contributed by atoms with van der Waals surface area (Å²) in [6, 6.07) is 6.94. The Hall–Kier alpha value is -3.58. The third kappa shape index (κ3) is 5.96. The number of benzene rings is 2. The summed E-state index contributed by atoms with van der Waals surface area (Å²) in [5.74, 6) is -0.732. The van der Waals surface area contributed by atoms with E-state index < -0.39 is 38.6 Å². The van der Waals surface area contributed by atoms with Crippen LogP contribution in [0.2, 0.25) is 5.02 Å². The Morgan fingerprint density at radius 2 is 1.80 bits per heavy atom. The summed E-state index contributed by atoms with van der Waals surface area (Å²) < 4.78 is 27.3. The number of carbonyl (C=O) groups excluding carboxylic acids is 2. The monoisotopic (exact) mass is 456 g/mol. The number of nitro benzene ring substituents is 1. The molecule has 14 heteroatoms. The average molecular weight is 457 g/mol. The lowest BCUT2D eigenvalue weighted by Gasteiger charge is -2.14. The van der Waals surface area contributed by atoms with Crippen molar-refractivity contribution < 1.29 is 22.9 Å². The molecule has 0 heterocycles. The number of halogens is 1. The lowest BCUT2D eigenvalue weighted by molar-refractivity contribution is -0.384. The van der Waals surface area contributed by atoms with E-state index in [-0.39, 0.29) is 16.3 Å². The minimum atomic E-state index is -4.13. The first-order valence-electron chi connectivity index (χ1n) is 8.18. The fourth-order valence-corrected chi connectivity index (χ4v) is 3.39. The highest BCUT2D eigenvalue weighted by atomic mass is 35.5. The van der Waals surface area contributed by atoms with E-state index >= 15 is 0 Å². The van der Waals surface area contributed by atoms with Crippen LogP contribution in [0.25, 0.3) is 0 Å². The van der Waals surface area contributed by atoms with E-state index in [2.05, 4.69) is 20.9 Å². The Labute approximate surface area is 175 Å². The molecule has 3 amide bonds. The summed E-state index contributed by atoms with van der Waals surface area (Å²) in [6.07, 6.45) is 0. The van der Waals surface area contributed by atoms with E-state index in [1.165, 1.54) is 31.2 Å². The van der Waals surface area contributed by atoms with Gasteiger partial charge in [-0.25, -0.2) is 13.2 Å². The number of primary amides is 1. The van der Waals surface area contributed by atoms with E-state index in [1.54, 1.807) is 0 Å². The molecule has 30 heavy (non-hydrogen) atoms. The Kier molecular flexibility index (Phi) is 7.02. The summed E-state index contributed by atoms with van der Waals surface area (Å²) >= 11 is 5.75. The molecule has 6 N–H and O–H groups in total. The second-order valence-electron chi connectivity index (χ2n) is 5.89. The van der Waals surface area contributed by atoms with Gasteiger partial charge in [-0.1, -0.05) is 11.6 Å². The van der Waals surface area contributed by atoms with Crippen molar-refractivity contribution in [2.45, 2.75) is 17.9 Å². The van der Waals surface area contributed by atoms with Crippen LogP contribution in [0.3, 0.4) is 0 Å². The maximum Gasteiger partial charge on any atom is 0.312 e. The van der Waals surface area contributed by atoms with Crippen molar-refractivity contribution in [2.75, 3.05) is 10.1 Å². The fourth-order valence-electron chi connectivity index (χ4n) is 2.18. The highest BCUT2D eigenvalue weighted by Gasteiger charge is 2.22. The normalized spacial score (nSPS) is 11.8.